The maximum absolute atomic E-state index is 11.2. The van der Waals surface area contributed by atoms with Gasteiger partial charge in [0.2, 0.25) is 0 Å². The molecule has 0 saturated carbocycles. The summed E-state index contributed by atoms with van der Waals surface area (Å²) in [6, 6.07) is 6.50. The van der Waals surface area contributed by atoms with E-state index >= 15 is 0 Å². The van der Waals surface area contributed by atoms with Crippen LogP contribution in [0.4, 0.5) is 0 Å². The zero-order valence-electron chi connectivity index (χ0n) is 17.4. The van der Waals surface area contributed by atoms with E-state index in [4.69, 9.17) is 9.29 Å². The smallest absolute Gasteiger partial charge is 0.267 e. The number of hydrogen-bond donors (Lipinski definition) is 1. The second-order valence-corrected chi connectivity index (χ2v) is 9.36. The van der Waals surface area contributed by atoms with Gasteiger partial charge in [-0.15, -0.1) is 0 Å². The highest BCUT2D eigenvalue weighted by Gasteiger charge is 2.17. The van der Waals surface area contributed by atoms with Crippen LogP contribution in [-0.2, 0) is 23.0 Å². The average molecular weight is 399 g/mol. The molecule has 0 aromatic heterocycles. The van der Waals surface area contributed by atoms with Gasteiger partial charge in [-0.2, -0.15) is 8.42 Å². The van der Waals surface area contributed by atoms with Crippen LogP contribution in [0, 0.1) is 0 Å². The van der Waals surface area contributed by atoms with Gasteiger partial charge in [0.05, 0.1) is 11.9 Å². The lowest BCUT2D eigenvalue weighted by Crippen LogP contribution is -2.19. The van der Waals surface area contributed by atoms with E-state index in [1.807, 2.05) is 0 Å². The summed E-state index contributed by atoms with van der Waals surface area (Å²) in [5.74, 6) is 0.877. The molecule has 0 radical (unpaired) electrons. The molecule has 0 aliphatic carbocycles. The van der Waals surface area contributed by atoms with E-state index < -0.39 is 15.4 Å². The van der Waals surface area contributed by atoms with Gasteiger partial charge in [-0.1, -0.05) is 64.5 Å². The molecule has 0 bridgehead atoms. The minimum atomic E-state index is -3.99. The van der Waals surface area contributed by atoms with Crippen molar-refractivity contribution in [1.29, 1.82) is 0 Å². The van der Waals surface area contributed by atoms with E-state index in [1.165, 1.54) is 63.0 Å². The van der Waals surface area contributed by atoms with E-state index in [-0.39, 0.29) is 6.42 Å². The molecule has 0 fully saturated rings. The Bertz CT molecular complexity index is 625. The summed E-state index contributed by atoms with van der Waals surface area (Å²) in [4.78, 5) is 0. The molecule has 0 spiro atoms. The predicted octanol–water partition coefficient (Wildman–Crippen LogP) is 5.98. The Kier molecular flexibility index (Phi) is 11.7. The third kappa shape index (κ3) is 10.2. The van der Waals surface area contributed by atoms with Gasteiger partial charge in [0.25, 0.3) is 10.1 Å². The van der Waals surface area contributed by atoms with Crippen molar-refractivity contribution in [1.82, 2.24) is 0 Å². The zero-order valence-corrected chi connectivity index (χ0v) is 18.2. The number of ether oxygens (including phenoxy) is 1. The third-order valence-corrected chi connectivity index (χ3v) is 6.29. The number of rotatable bonds is 15. The van der Waals surface area contributed by atoms with Crippen LogP contribution in [0.15, 0.2) is 18.2 Å². The Labute approximate surface area is 166 Å². The second kappa shape index (κ2) is 13.2. The molecule has 1 rings (SSSR count). The molecule has 1 aromatic carbocycles. The largest absolute Gasteiger partial charge is 0.493 e. The van der Waals surface area contributed by atoms with Gasteiger partial charge in [0.1, 0.15) is 5.75 Å². The van der Waals surface area contributed by atoms with Gasteiger partial charge < -0.3 is 4.74 Å². The predicted molar refractivity (Wildman–Crippen MR) is 113 cm³/mol. The van der Waals surface area contributed by atoms with E-state index in [0.29, 0.717) is 6.61 Å². The molecular weight excluding hydrogens is 360 g/mol. The zero-order chi connectivity index (χ0) is 20.1. The Balaban J connectivity index is 2.70. The molecule has 0 amide bonds. The highest BCUT2D eigenvalue weighted by Crippen LogP contribution is 2.25. The molecule has 1 atom stereocenters. The highest BCUT2D eigenvalue weighted by molar-refractivity contribution is 7.86. The van der Waals surface area contributed by atoms with E-state index in [1.54, 1.807) is 0 Å². The van der Waals surface area contributed by atoms with Crippen molar-refractivity contribution in [3.8, 4) is 5.75 Å². The van der Waals surface area contributed by atoms with E-state index in [2.05, 4.69) is 32.0 Å². The molecule has 0 aliphatic heterocycles. The molecule has 1 unspecified atom stereocenters. The van der Waals surface area contributed by atoms with Crippen LogP contribution in [0.25, 0.3) is 0 Å². The van der Waals surface area contributed by atoms with Crippen LogP contribution < -0.4 is 4.74 Å². The van der Waals surface area contributed by atoms with Gasteiger partial charge in [-0.05, 0) is 49.8 Å². The molecule has 0 aliphatic rings. The first kappa shape index (κ1) is 24.0. The average Bonchev–Trinajstić information content (AvgIpc) is 2.62. The monoisotopic (exact) mass is 398 g/mol. The van der Waals surface area contributed by atoms with Crippen molar-refractivity contribution in [3.63, 3.8) is 0 Å². The normalized spacial score (nSPS) is 12.9. The summed E-state index contributed by atoms with van der Waals surface area (Å²) in [5.41, 5.74) is 2.48. The van der Waals surface area contributed by atoms with Crippen molar-refractivity contribution in [3.05, 3.63) is 29.3 Å². The van der Waals surface area contributed by atoms with Crippen LogP contribution >= 0.6 is 0 Å². The topological polar surface area (TPSA) is 63.6 Å². The van der Waals surface area contributed by atoms with Crippen molar-refractivity contribution in [2.45, 2.75) is 96.7 Å². The van der Waals surface area contributed by atoms with Crippen LogP contribution in [0.2, 0.25) is 0 Å². The molecule has 5 heteroatoms. The highest BCUT2D eigenvalue weighted by atomic mass is 32.2. The summed E-state index contributed by atoms with van der Waals surface area (Å²) >= 11 is 0. The number of hydrogen-bond acceptors (Lipinski definition) is 3. The first-order chi connectivity index (χ1) is 12.9. The van der Waals surface area contributed by atoms with Crippen LogP contribution in [0.1, 0.15) is 89.7 Å². The number of aryl methyl sites for hydroxylation is 2. The van der Waals surface area contributed by atoms with Crippen molar-refractivity contribution in [2.24, 2.45) is 0 Å². The molecule has 156 valence electrons. The number of unbranched alkanes of at least 4 members (excludes halogenated alkanes) is 6. The maximum Gasteiger partial charge on any atom is 0.267 e. The third-order valence-electron chi connectivity index (χ3n) is 5.04. The molecule has 0 heterocycles. The SMILES string of the molecule is CCCCCCc1ccc(CCCCCC)c(OCCC(C)S(=O)(=O)O)c1. The molecule has 4 nitrogen and oxygen atoms in total. The van der Waals surface area contributed by atoms with Gasteiger partial charge in [0.15, 0.2) is 0 Å². The first-order valence-electron chi connectivity index (χ1n) is 10.6. The van der Waals surface area contributed by atoms with Gasteiger partial charge in [-0.3, -0.25) is 4.55 Å². The standard InChI is InChI=1S/C22H38O4S/c1-4-6-8-10-12-20-14-15-21(13-11-9-7-5-2)22(18-20)26-17-16-19(3)27(23,24)25/h14-15,18-19H,4-13,16-17H2,1-3H3,(H,23,24,25). The first-order valence-corrected chi connectivity index (χ1v) is 12.1. The minimum absolute atomic E-state index is 0.287. The molecule has 27 heavy (non-hydrogen) atoms. The lowest BCUT2D eigenvalue weighted by Gasteiger charge is -2.15. The fourth-order valence-electron chi connectivity index (χ4n) is 3.08. The van der Waals surface area contributed by atoms with Gasteiger partial charge in [-0.25, -0.2) is 0 Å². The quantitative estimate of drug-likeness (QED) is 0.292. The summed E-state index contributed by atoms with van der Waals surface area (Å²) in [6.07, 6.45) is 12.1. The fourth-order valence-corrected chi connectivity index (χ4v) is 3.47. The molecule has 1 N–H and O–H groups in total. The van der Waals surface area contributed by atoms with Crippen molar-refractivity contribution < 1.29 is 17.7 Å². The summed E-state index contributed by atoms with van der Waals surface area (Å²) in [6.45, 7) is 6.22. The Morgan fingerprint density at radius 1 is 0.963 bits per heavy atom. The fraction of sp³-hybridized carbons (Fsp3) is 0.727. The van der Waals surface area contributed by atoms with E-state index in [0.717, 1.165) is 25.0 Å². The van der Waals surface area contributed by atoms with Crippen molar-refractivity contribution in [2.75, 3.05) is 6.61 Å². The van der Waals surface area contributed by atoms with Gasteiger partial charge >= 0.3 is 0 Å². The summed E-state index contributed by atoms with van der Waals surface area (Å²) < 4.78 is 37.4. The number of benzene rings is 1. The Morgan fingerprint density at radius 2 is 1.59 bits per heavy atom. The van der Waals surface area contributed by atoms with Crippen LogP contribution in [-0.4, -0.2) is 24.8 Å². The molecule has 1 aromatic rings. The Hall–Kier alpha value is -1.07. The lowest BCUT2D eigenvalue weighted by atomic mass is 10.0. The van der Waals surface area contributed by atoms with Crippen LogP contribution in [0.3, 0.4) is 0 Å². The molecule has 0 saturated heterocycles. The van der Waals surface area contributed by atoms with Crippen molar-refractivity contribution >= 4 is 10.1 Å². The Morgan fingerprint density at radius 3 is 2.19 bits per heavy atom. The molecular formula is C22H38O4S. The van der Waals surface area contributed by atoms with Crippen LogP contribution in [0.5, 0.6) is 5.75 Å². The maximum atomic E-state index is 11.2. The summed E-state index contributed by atoms with van der Waals surface area (Å²) in [7, 11) is -3.99. The minimum Gasteiger partial charge on any atom is -0.493 e. The second-order valence-electron chi connectivity index (χ2n) is 7.53. The lowest BCUT2D eigenvalue weighted by molar-refractivity contribution is 0.303. The van der Waals surface area contributed by atoms with E-state index in [9.17, 15) is 8.42 Å². The summed E-state index contributed by atoms with van der Waals surface area (Å²) in [5, 5.41) is -0.803. The van der Waals surface area contributed by atoms with Gasteiger partial charge in [0, 0.05) is 6.42 Å².